The average Bonchev–Trinajstić information content (AvgIpc) is 2.70. The number of carbonyl (C=O) groups excluding carboxylic acids is 1. The van der Waals surface area contributed by atoms with Crippen molar-refractivity contribution in [1.29, 1.82) is 0 Å². The van der Waals surface area contributed by atoms with E-state index in [2.05, 4.69) is 37.0 Å². The molecule has 2 aliphatic rings. The largest absolute Gasteiger partial charge is 0.501 e. The molecule has 6 nitrogen and oxygen atoms in total. The van der Waals surface area contributed by atoms with Crippen LogP contribution in [0.3, 0.4) is 0 Å². The zero-order chi connectivity index (χ0) is 24.1. The molecule has 1 saturated carbocycles. The smallest absolute Gasteiger partial charge is 0.315 e. The average molecular weight is 452 g/mol. The van der Waals surface area contributed by atoms with Crippen LogP contribution in [0.2, 0.25) is 0 Å². The molecular weight excluding hydrogens is 414 g/mol. The summed E-state index contributed by atoms with van der Waals surface area (Å²) in [6.45, 7) is 12.7. The highest BCUT2D eigenvalue weighted by molar-refractivity contribution is 5.96. The summed E-state index contributed by atoms with van der Waals surface area (Å²) in [5, 5.41) is 10.6. The summed E-state index contributed by atoms with van der Waals surface area (Å²) in [5.74, 6) is -0.226. The Labute approximate surface area is 196 Å². The second-order valence-electron chi connectivity index (χ2n) is 11.1. The van der Waals surface area contributed by atoms with Crippen molar-refractivity contribution in [3.8, 4) is 5.75 Å². The van der Waals surface area contributed by atoms with Gasteiger partial charge in [-0.3, -0.25) is 9.59 Å². The van der Waals surface area contributed by atoms with Gasteiger partial charge >= 0.3 is 5.56 Å². The van der Waals surface area contributed by atoms with Crippen molar-refractivity contribution in [2.24, 2.45) is 0 Å². The van der Waals surface area contributed by atoms with E-state index >= 15 is 0 Å². The van der Waals surface area contributed by atoms with E-state index in [-0.39, 0.29) is 23.1 Å². The van der Waals surface area contributed by atoms with E-state index in [4.69, 9.17) is 0 Å². The lowest BCUT2D eigenvalue weighted by Gasteiger charge is -2.47. The molecule has 1 fully saturated rings. The van der Waals surface area contributed by atoms with Crippen LogP contribution in [0.1, 0.15) is 92.8 Å². The molecule has 4 rings (SSSR count). The molecule has 1 aromatic heterocycles. The number of aromatic hydroxyl groups is 1. The van der Waals surface area contributed by atoms with Gasteiger partial charge in [0, 0.05) is 24.4 Å². The maximum atomic E-state index is 13.5. The van der Waals surface area contributed by atoms with Crippen LogP contribution in [0.5, 0.6) is 5.75 Å². The minimum Gasteiger partial charge on any atom is -0.501 e. The molecule has 2 aromatic rings. The van der Waals surface area contributed by atoms with Gasteiger partial charge in [0.25, 0.3) is 5.91 Å². The number of aryl methyl sites for hydroxylation is 2. The van der Waals surface area contributed by atoms with Crippen molar-refractivity contribution in [3.05, 3.63) is 56.8 Å². The van der Waals surface area contributed by atoms with Gasteiger partial charge < -0.3 is 14.6 Å². The molecule has 178 valence electrons. The van der Waals surface area contributed by atoms with E-state index in [1.54, 1.807) is 4.90 Å². The summed E-state index contributed by atoms with van der Waals surface area (Å²) >= 11 is 0. The maximum absolute atomic E-state index is 13.5. The van der Waals surface area contributed by atoms with Gasteiger partial charge in [-0.05, 0) is 59.9 Å². The highest BCUT2D eigenvalue weighted by Gasteiger charge is 2.44. The molecule has 0 saturated heterocycles. The lowest BCUT2D eigenvalue weighted by molar-refractivity contribution is 0.0282. The molecule has 1 aromatic carbocycles. The zero-order valence-corrected chi connectivity index (χ0v) is 20.9. The first kappa shape index (κ1) is 23.5. The third-order valence-corrected chi connectivity index (χ3v) is 7.52. The molecule has 0 atom stereocenters. The third kappa shape index (κ3) is 4.09. The molecule has 0 bridgehead atoms. The molecule has 0 unspecified atom stereocenters. The van der Waals surface area contributed by atoms with Crippen molar-refractivity contribution < 1.29 is 9.90 Å². The molecular formula is C27H37N3O3. The summed E-state index contributed by atoms with van der Waals surface area (Å²) in [4.78, 5) is 32.4. The number of amides is 1. The van der Waals surface area contributed by atoms with Gasteiger partial charge in [-0.25, -0.2) is 0 Å². The van der Waals surface area contributed by atoms with E-state index in [1.807, 2.05) is 32.3 Å². The Morgan fingerprint density at radius 1 is 1.03 bits per heavy atom. The van der Waals surface area contributed by atoms with Crippen LogP contribution in [0.15, 0.2) is 23.0 Å². The van der Waals surface area contributed by atoms with Gasteiger partial charge in [0.05, 0.1) is 5.54 Å². The van der Waals surface area contributed by atoms with E-state index < -0.39 is 16.8 Å². The first-order chi connectivity index (χ1) is 15.4. The summed E-state index contributed by atoms with van der Waals surface area (Å²) in [7, 11) is 0. The normalized spacial score (nSPS) is 19.6. The Kier molecular flexibility index (Phi) is 5.92. The molecule has 6 heteroatoms. The summed E-state index contributed by atoms with van der Waals surface area (Å²) in [6.07, 6.45) is 6.11. The van der Waals surface area contributed by atoms with Gasteiger partial charge in [-0.15, -0.1) is 0 Å². The van der Waals surface area contributed by atoms with Crippen molar-refractivity contribution in [1.82, 2.24) is 14.5 Å². The van der Waals surface area contributed by atoms with Gasteiger partial charge in [0.15, 0.2) is 5.69 Å². The van der Waals surface area contributed by atoms with Gasteiger partial charge in [0.1, 0.15) is 5.82 Å². The molecule has 33 heavy (non-hydrogen) atoms. The van der Waals surface area contributed by atoms with E-state index in [0.29, 0.717) is 18.8 Å². The third-order valence-electron chi connectivity index (χ3n) is 7.52. The second-order valence-corrected chi connectivity index (χ2v) is 11.1. The van der Waals surface area contributed by atoms with Crippen molar-refractivity contribution in [2.75, 3.05) is 0 Å². The van der Waals surface area contributed by atoms with Crippen LogP contribution in [0, 0.1) is 13.8 Å². The molecule has 1 aliphatic heterocycles. The van der Waals surface area contributed by atoms with Crippen molar-refractivity contribution in [2.45, 2.75) is 104 Å². The summed E-state index contributed by atoms with van der Waals surface area (Å²) in [6, 6.07) is 6.67. The fourth-order valence-corrected chi connectivity index (χ4v) is 6.28. The number of fused-ring (bicyclic) bond motifs is 1. The zero-order valence-electron chi connectivity index (χ0n) is 20.9. The van der Waals surface area contributed by atoms with E-state index in [1.165, 1.54) is 23.1 Å². The molecule has 0 radical (unpaired) electrons. The maximum Gasteiger partial charge on any atom is 0.315 e. The highest BCUT2D eigenvalue weighted by Crippen LogP contribution is 2.43. The van der Waals surface area contributed by atoms with Crippen molar-refractivity contribution >= 4 is 5.91 Å². The SMILES string of the molecule is Cc1cc(C)cc(C2(Cc3nc(=O)c(O)c4n3CC(C)(C)N(C(C)C)C4=O)CCCCC2)c1. The predicted octanol–water partition coefficient (Wildman–Crippen LogP) is 4.65. The number of benzene rings is 1. The second kappa shape index (κ2) is 8.30. The minimum absolute atomic E-state index is 0.0488. The lowest BCUT2D eigenvalue weighted by atomic mass is 9.66. The number of hydrogen-bond donors (Lipinski definition) is 1. The van der Waals surface area contributed by atoms with E-state index in [9.17, 15) is 14.7 Å². The summed E-state index contributed by atoms with van der Waals surface area (Å²) < 4.78 is 1.83. The van der Waals surface area contributed by atoms with Crippen LogP contribution in [0.25, 0.3) is 0 Å². The van der Waals surface area contributed by atoms with E-state index in [0.717, 1.165) is 25.7 Å². The first-order valence-electron chi connectivity index (χ1n) is 12.2. The van der Waals surface area contributed by atoms with Gasteiger partial charge in [0.2, 0.25) is 5.75 Å². The molecule has 1 aliphatic carbocycles. The fraction of sp³-hybridized carbons (Fsp3) is 0.593. The standard InChI is InChI=1S/C27H37N3O3/c1-17(2)30-25(33)22-23(31)24(32)28-21(29(22)16-26(30,5)6)15-27(10-8-7-9-11-27)20-13-18(3)12-19(4)14-20/h12-14,17,31H,7-11,15-16H2,1-6H3. The number of hydrogen-bond acceptors (Lipinski definition) is 4. The van der Waals surface area contributed by atoms with Crippen LogP contribution >= 0.6 is 0 Å². The molecule has 1 amide bonds. The lowest BCUT2D eigenvalue weighted by Crippen LogP contribution is -2.58. The topological polar surface area (TPSA) is 75.4 Å². The quantitative estimate of drug-likeness (QED) is 0.734. The Morgan fingerprint density at radius 2 is 1.64 bits per heavy atom. The van der Waals surface area contributed by atoms with Crippen LogP contribution in [-0.2, 0) is 18.4 Å². The first-order valence-corrected chi connectivity index (χ1v) is 12.2. The Morgan fingerprint density at radius 3 is 2.21 bits per heavy atom. The number of nitrogens with zero attached hydrogens (tertiary/aromatic N) is 3. The Bertz CT molecular complexity index is 1120. The van der Waals surface area contributed by atoms with Gasteiger partial charge in [-0.2, -0.15) is 4.98 Å². The monoisotopic (exact) mass is 451 g/mol. The highest BCUT2D eigenvalue weighted by atomic mass is 16.3. The Hall–Kier alpha value is -2.63. The molecule has 1 N–H and O–H groups in total. The van der Waals surface area contributed by atoms with Crippen molar-refractivity contribution in [3.63, 3.8) is 0 Å². The number of rotatable bonds is 4. The van der Waals surface area contributed by atoms with Crippen LogP contribution < -0.4 is 5.56 Å². The number of carbonyl (C=O) groups is 1. The van der Waals surface area contributed by atoms with Gasteiger partial charge in [-0.1, -0.05) is 48.6 Å². The summed E-state index contributed by atoms with van der Waals surface area (Å²) in [5.41, 5.74) is 2.54. The predicted molar refractivity (Wildman–Crippen MR) is 130 cm³/mol. The van der Waals surface area contributed by atoms with Crippen LogP contribution in [-0.4, -0.2) is 37.0 Å². The molecule has 2 heterocycles. The Balaban J connectivity index is 1.89. The minimum atomic E-state index is -0.709. The molecule has 0 spiro atoms. The van der Waals surface area contributed by atoms with Crippen LogP contribution in [0.4, 0.5) is 0 Å². The number of aromatic nitrogens is 2. The fourth-order valence-electron chi connectivity index (χ4n) is 6.28.